The Bertz CT molecular complexity index is 1090. The Morgan fingerprint density at radius 2 is 2.00 bits per heavy atom. The number of methoxy groups -OCH3 is 1. The number of fused-ring (bicyclic) bond motifs is 1. The molecule has 0 unspecified atom stereocenters. The zero-order valence-electron chi connectivity index (χ0n) is 17.0. The number of benzene rings is 1. The number of nitrogens with one attached hydrogen (secondary N) is 2. The number of carbonyl (C=O) groups is 1. The van der Waals surface area contributed by atoms with E-state index in [9.17, 15) is 4.79 Å². The molecule has 0 atom stereocenters. The van der Waals surface area contributed by atoms with Gasteiger partial charge in [0, 0.05) is 9.90 Å². The van der Waals surface area contributed by atoms with Gasteiger partial charge in [0.1, 0.15) is 11.3 Å². The lowest BCUT2D eigenvalue weighted by Gasteiger charge is -2.09. The number of hydrogen-bond donors (Lipinski definition) is 2. The summed E-state index contributed by atoms with van der Waals surface area (Å²) in [6, 6.07) is 7.57. The second kappa shape index (κ2) is 9.76. The van der Waals surface area contributed by atoms with Crippen LogP contribution in [-0.2, 0) is 24.1 Å². The van der Waals surface area contributed by atoms with Crippen LogP contribution in [0.15, 0.2) is 30.6 Å². The molecule has 0 saturated carbocycles. The van der Waals surface area contributed by atoms with Gasteiger partial charge in [-0.2, -0.15) is 0 Å². The van der Waals surface area contributed by atoms with Gasteiger partial charge in [-0.25, -0.2) is 14.5 Å². The first kappa shape index (κ1) is 21.7. The number of carbonyl (C=O) groups excluding carboxylic acids is 1. The summed E-state index contributed by atoms with van der Waals surface area (Å²) < 4.78 is 6.75. The number of esters is 1. The van der Waals surface area contributed by atoms with Crippen molar-refractivity contribution in [3.63, 3.8) is 0 Å². The molecule has 0 radical (unpaired) electrons. The van der Waals surface area contributed by atoms with E-state index in [-0.39, 0.29) is 5.97 Å². The van der Waals surface area contributed by atoms with E-state index in [1.165, 1.54) is 18.4 Å². The molecule has 0 saturated heterocycles. The predicted octanol–water partition coefficient (Wildman–Crippen LogP) is 4.91. The van der Waals surface area contributed by atoms with Crippen LogP contribution in [0.25, 0.3) is 0 Å². The summed E-state index contributed by atoms with van der Waals surface area (Å²) in [4.78, 5) is 18.0. The van der Waals surface area contributed by atoms with Crippen molar-refractivity contribution >= 4 is 57.2 Å². The zero-order valence-corrected chi connectivity index (χ0v) is 19.4. The lowest BCUT2D eigenvalue weighted by atomic mass is 10.1. The number of ether oxygens (including phenoxy) is 1. The molecule has 1 aliphatic carbocycles. The van der Waals surface area contributed by atoms with Crippen LogP contribution >= 0.6 is 35.2 Å². The average molecular weight is 476 g/mol. The predicted molar refractivity (Wildman–Crippen MR) is 127 cm³/mol. The largest absolute Gasteiger partial charge is 0.465 e. The van der Waals surface area contributed by atoms with Crippen molar-refractivity contribution in [2.75, 3.05) is 17.7 Å². The van der Waals surface area contributed by atoms with Gasteiger partial charge in [-0.3, -0.25) is 5.32 Å². The van der Waals surface area contributed by atoms with E-state index in [2.05, 4.69) is 20.7 Å². The Morgan fingerprint density at radius 1 is 1.23 bits per heavy atom. The van der Waals surface area contributed by atoms with Gasteiger partial charge in [0.05, 0.1) is 19.2 Å². The molecule has 0 amide bonds. The molecule has 3 aromatic rings. The Morgan fingerprint density at radius 3 is 2.77 bits per heavy atom. The first-order valence-electron chi connectivity index (χ1n) is 9.98. The Kier molecular flexibility index (Phi) is 6.84. The SMILES string of the molecule is COC(=O)c1c(NC(=S)Nc2ncn(Cc3ccc(Cl)cc3)n2)sc2c1CCCCC2. The summed E-state index contributed by atoms with van der Waals surface area (Å²) in [6.07, 6.45) is 6.87. The summed E-state index contributed by atoms with van der Waals surface area (Å²) in [5.74, 6) is 0.0410. The van der Waals surface area contributed by atoms with Crippen LogP contribution in [0.4, 0.5) is 10.9 Å². The Hall–Kier alpha value is -2.49. The number of aromatic nitrogens is 3. The molecule has 0 fully saturated rings. The topological polar surface area (TPSA) is 81.1 Å². The van der Waals surface area contributed by atoms with Crippen LogP contribution in [0.5, 0.6) is 0 Å². The van der Waals surface area contributed by atoms with Crippen LogP contribution < -0.4 is 10.6 Å². The number of halogens is 1. The highest BCUT2D eigenvalue weighted by atomic mass is 35.5. The van der Waals surface area contributed by atoms with Gasteiger partial charge < -0.3 is 10.1 Å². The van der Waals surface area contributed by atoms with Crippen molar-refractivity contribution in [3.8, 4) is 0 Å². The molecule has 2 N–H and O–H groups in total. The summed E-state index contributed by atoms with van der Waals surface area (Å²) >= 11 is 12.9. The van der Waals surface area contributed by atoms with E-state index >= 15 is 0 Å². The molecule has 1 aromatic carbocycles. The Balaban J connectivity index is 1.45. The summed E-state index contributed by atoms with van der Waals surface area (Å²) in [5, 5.41) is 12.3. The van der Waals surface area contributed by atoms with E-state index in [0.717, 1.165) is 36.8 Å². The number of hydrogen-bond acceptors (Lipinski definition) is 6. The minimum atomic E-state index is -0.338. The van der Waals surface area contributed by atoms with Crippen molar-refractivity contribution in [3.05, 3.63) is 57.2 Å². The van der Waals surface area contributed by atoms with Crippen molar-refractivity contribution in [2.45, 2.75) is 38.6 Å². The summed E-state index contributed by atoms with van der Waals surface area (Å²) in [7, 11) is 1.40. The number of anilines is 2. The fourth-order valence-corrected chi connectivity index (χ4v) is 5.26. The lowest BCUT2D eigenvalue weighted by Crippen LogP contribution is -2.21. The molecule has 0 bridgehead atoms. The van der Waals surface area contributed by atoms with Gasteiger partial charge in [-0.15, -0.1) is 16.4 Å². The third kappa shape index (κ3) is 5.23. The van der Waals surface area contributed by atoms with Crippen LogP contribution in [0.2, 0.25) is 5.02 Å². The number of thiophene rings is 1. The molecule has 162 valence electrons. The molecule has 0 spiro atoms. The van der Waals surface area contributed by atoms with E-state index in [0.29, 0.717) is 33.2 Å². The maximum Gasteiger partial charge on any atom is 0.341 e. The second-order valence-electron chi connectivity index (χ2n) is 7.23. The molecule has 7 nitrogen and oxygen atoms in total. The molecular formula is C21H22ClN5O2S2. The van der Waals surface area contributed by atoms with Crippen LogP contribution in [0.3, 0.4) is 0 Å². The number of aryl methyl sites for hydroxylation is 1. The third-order valence-corrected chi connectivity index (χ3v) is 6.72. The summed E-state index contributed by atoms with van der Waals surface area (Å²) in [5.41, 5.74) is 2.74. The van der Waals surface area contributed by atoms with E-state index in [4.69, 9.17) is 28.6 Å². The standard InChI is InChI=1S/C21H22ClN5O2S2/c1-29-19(28)17-15-5-3-2-4-6-16(15)31-18(17)24-21(30)25-20-23-12-27(26-20)11-13-7-9-14(22)10-8-13/h7-10,12H,2-6,11H2,1H3,(H2,24,25,26,30). The lowest BCUT2D eigenvalue weighted by molar-refractivity contribution is 0.0601. The van der Waals surface area contributed by atoms with E-state index < -0.39 is 0 Å². The Labute approximate surface area is 194 Å². The fraction of sp³-hybridized carbons (Fsp3) is 0.333. The van der Waals surface area contributed by atoms with Gasteiger partial charge in [0.15, 0.2) is 5.11 Å². The fourth-order valence-electron chi connectivity index (χ4n) is 3.59. The second-order valence-corrected chi connectivity index (χ2v) is 9.18. The van der Waals surface area contributed by atoms with Crippen molar-refractivity contribution < 1.29 is 9.53 Å². The maximum atomic E-state index is 12.5. The van der Waals surface area contributed by atoms with Gasteiger partial charge in [0.25, 0.3) is 0 Å². The minimum absolute atomic E-state index is 0.325. The molecule has 2 heterocycles. The van der Waals surface area contributed by atoms with Crippen LogP contribution in [0.1, 0.15) is 45.6 Å². The van der Waals surface area contributed by atoms with Crippen LogP contribution in [0, 0.1) is 0 Å². The number of rotatable bonds is 5. The van der Waals surface area contributed by atoms with E-state index in [1.807, 2.05) is 24.3 Å². The molecule has 1 aliphatic rings. The van der Waals surface area contributed by atoms with Gasteiger partial charge in [0.2, 0.25) is 5.95 Å². The third-order valence-electron chi connectivity index (χ3n) is 5.06. The van der Waals surface area contributed by atoms with Gasteiger partial charge in [-0.05, 0) is 61.2 Å². The zero-order chi connectivity index (χ0) is 21.8. The number of nitrogens with zero attached hydrogens (tertiary/aromatic N) is 3. The molecule has 10 heteroatoms. The molecule has 4 rings (SSSR count). The van der Waals surface area contributed by atoms with Gasteiger partial charge in [-0.1, -0.05) is 30.2 Å². The number of thiocarbonyl (C=S) groups is 1. The maximum absolute atomic E-state index is 12.5. The molecular weight excluding hydrogens is 454 g/mol. The first-order valence-corrected chi connectivity index (χ1v) is 11.6. The van der Waals surface area contributed by atoms with Gasteiger partial charge >= 0.3 is 5.97 Å². The molecule has 31 heavy (non-hydrogen) atoms. The van der Waals surface area contributed by atoms with Crippen molar-refractivity contribution in [1.82, 2.24) is 14.8 Å². The smallest absolute Gasteiger partial charge is 0.341 e. The quantitative estimate of drug-likeness (QED) is 0.308. The normalized spacial score (nSPS) is 13.2. The highest BCUT2D eigenvalue weighted by Gasteiger charge is 2.25. The average Bonchev–Trinajstić information content (AvgIpc) is 3.25. The van der Waals surface area contributed by atoms with Crippen LogP contribution in [-0.4, -0.2) is 33.0 Å². The first-order chi connectivity index (χ1) is 15.0. The van der Waals surface area contributed by atoms with E-state index in [1.54, 1.807) is 22.3 Å². The molecule has 2 aromatic heterocycles. The molecule has 0 aliphatic heterocycles. The highest BCUT2D eigenvalue weighted by molar-refractivity contribution is 7.80. The summed E-state index contributed by atoms with van der Waals surface area (Å²) in [6.45, 7) is 0.566. The minimum Gasteiger partial charge on any atom is -0.465 e. The highest BCUT2D eigenvalue weighted by Crippen LogP contribution is 2.38. The monoisotopic (exact) mass is 475 g/mol. The van der Waals surface area contributed by atoms with Crippen molar-refractivity contribution in [2.24, 2.45) is 0 Å². The van der Waals surface area contributed by atoms with Crippen molar-refractivity contribution in [1.29, 1.82) is 0 Å².